The van der Waals surface area contributed by atoms with Crippen LogP contribution in [-0.2, 0) is 16.0 Å². The molecule has 0 aliphatic carbocycles. The molecule has 0 bridgehead atoms. The number of nitrogens with zero attached hydrogens (tertiary/aromatic N) is 2. The molecule has 0 radical (unpaired) electrons. The van der Waals surface area contributed by atoms with Gasteiger partial charge in [0.2, 0.25) is 5.91 Å². The summed E-state index contributed by atoms with van der Waals surface area (Å²) in [5.74, 6) is 0.571. The summed E-state index contributed by atoms with van der Waals surface area (Å²) < 4.78 is 11.1. The van der Waals surface area contributed by atoms with Crippen LogP contribution in [0.15, 0.2) is 12.3 Å². The van der Waals surface area contributed by atoms with E-state index in [9.17, 15) is 9.59 Å². The van der Waals surface area contributed by atoms with E-state index in [2.05, 4.69) is 10.3 Å². The number of ether oxygens (including phenoxy) is 2. The molecule has 2 aliphatic heterocycles. The van der Waals surface area contributed by atoms with Crippen molar-refractivity contribution >= 4 is 11.8 Å². The van der Waals surface area contributed by atoms with E-state index >= 15 is 0 Å². The van der Waals surface area contributed by atoms with E-state index in [-0.39, 0.29) is 17.9 Å². The SMILES string of the molecule is CC(=O)NCC1CN(C(=O)c2cc3c(cn2)OCCC3)CCO1. The molecule has 0 spiro atoms. The van der Waals surface area contributed by atoms with Crippen molar-refractivity contribution in [3.8, 4) is 5.75 Å². The number of pyridine rings is 1. The molecular weight excluding hydrogens is 298 g/mol. The first-order valence-corrected chi connectivity index (χ1v) is 7.90. The zero-order valence-electron chi connectivity index (χ0n) is 13.2. The fourth-order valence-electron chi connectivity index (χ4n) is 2.82. The highest BCUT2D eigenvalue weighted by Crippen LogP contribution is 2.24. The van der Waals surface area contributed by atoms with E-state index < -0.39 is 0 Å². The average molecular weight is 319 g/mol. The molecule has 1 saturated heterocycles. The molecule has 7 nitrogen and oxygen atoms in total. The van der Waals surface area contributed by atoms with Gasteiger partial charge >= 0.3 is 0 Å². The lowest BCUT2D eigenvalue weighted by atomic mass is 10.1. The van der Waals surface area contributed by atoms with Crippen LogP contribution in [0, 0.1) is 0 Å². The van der Waals surface area contributed by atoms with Gasteiger partial charge in [0.15, 0.2) is 0 Å². The Labute approximate surface area is 135 Å². The molecule has 3 rings (SSSR count). The largest absolute Gasteiger partial charge is 0.492 e. The zero-order valence-corrected chi connectivity index (χ0v) is 13.2. The number of hydrogen-bond donors (Lipinski definition) is 1. The van der Waals surface area contributed by atoms with Crippen LogP contribution in [0.3, 0.4) is 0 Å². The number of hydrogen-bond acceptors (Lipinski definition) is 5. The molecule has 3 heterocycles. The maximum Gasteiger partial charge on any atom is 0.272 e. The Balaban J connectivity index is 1.66. The van der Waals surface area contributed by atoms with Crippen molar-refractivity contribution < 1.29 is 19.1 Å². The molecule has 23 heavy (non-hydrogen) atoms. The Morgan fingerprint density at radius 2 is 2.30 bits per heavy atom. The van der Waals surface area contributed by atoms with Crippen molar-refractivity contribution in [2.75, 3.05) is 32.8 Å². The van der Waals surface area contributed by atoms with Gasteiger partial charge in [-0.3, -0.25) is 9.59 Å². The van der Waals surface area contributed by atoms with Crippen molar-refractivity contribution in [2.24, 2.45) is 0 Å². The van der Waals surface area contributed by atoms with Crippen LogP contribution in [0.5, 0.6) is 5.75 Å². The van der Waals surface area contributed by atoms with Crippen molar-refractivity contribution in [3.05, 3.63) is 23.5 Å². The fraction of sp³-hybridized carbons (Fsp3) is 0.562. The van der Waals surface area contributed by atoms with Gasteiger partial charge in [0.25, 0.3) is 5.91 Å². The molecule has 1 N–H and O–H groups in total. The predicted molar refractivity (Wildman–Crippen MR) is 82.4 cm³/mol. The van der Waals surface area contributed by atoms with Gasteiger partial charge < -0.3 is 19.7 Å². The third kappa shape index (κ3) is 3.79. The Morgan fingerprint density at radius 1 is 1.43 bits per heavy atom. The molecule has 124 valence electrons. The second kappa shape index (κ2) is 6.95. The summed E-state index contributed by atoms with van der Waals surface area (Å²) in [6.45, 7) is 4.02. The van der Waals surface area contributed by atoms with Crippen LogP contribution >= 0.6 is 0 Å². The van der Waals surface area contributed by atoms with Gasteiger partial charge in [0.05, 0.1) is 25.5 Å². The first kappa shape index (κ1) is 15.7. The Kier molecular flexibility index (Phi) is 4.76. The molecule has 1 unspecified atom stereocenters. The van der Waals surface area contributed by atoms with Crippen LogP contribution in [0.4, 0.5) is 0 Å². The highest BCUT2D eigenvalue weighted by molar-refractivity contribution is 5.92. The number of rotatable bonds is 3. The molecule has 2 amide bonds. The first-order valence-electron chi connectivity index (χ1n) is 7.90. The molecule has 0 saturated carbocycles. The van der Waals surface area contributed by atoms with Crippen LogP contribution in [-0.4, -0.2) is 60.7 Å². The number of aromatic nitrogens is 1. The fourth-order valence-corrected chi connectivity index (χ4v) is 2.82. The molecule has 7 heteroatoms. The maximum absolute atomic E-state index is 12.6. The molecule has 1 atom stereocenters. The second-order valence-electron chi connectivity index (χ2n) is 5.81. The van der Waals surface area contributed by atoms with Gasteiger partial charge in [0, 0.05) is 26.6 Å². The van der Waals surface area contributed by atoms with Crippen LogP contribution in [0.2, 0.25) is 0 Å². The number of carbonyl (C=O) groups excluding carboxylic acids is 2. The van der Waals surface area contributed by atoms with Gasteiger partial charge in [-0.15, -0.1) is 0 Å². The normalized spacial score (nSPS) is 20.4. The third-order valence-corrected chi connectivity index (χ3v) is 4.02. The summed E-state index contributed by atoms with van der Waals surface area (Å²) in [6, 6.07) is 1.83. The number of nitrogens with one attached hydrogen (secondary N) is 1. The van der Waals surface area contributed by atoms with Gasteiger partial charge in [0.1, 0.15) is 11.4 Å². The maximum atomic E-state index is 12.6. The van der Waals surface area contributed by atoms with Gasteiger partial charge in [-0.2, -0.15) is 0 Å². The van der Waals surface area contributed by atoms with E-state index in [4.69, 9.17) is 9.47 Å². The van der Waals surface area contributed by atoms with E-state index in [1.807, 2.05) is 6.07 Å². The summed E-state index contributed by atoms with van der Waals surface area (Å²) in [7, 11) is 0. The Bertz CT molecular complexity index is 605. The highest BCUT2D eigenvalue weighted by Gasteiger charge is 2.26. The molecule has 0 aromatic carbocycles. The standard InChI is InChI=1S/C16H21N3O4/c1-11(20)17-8-13-10-19(4-6-22-13)16(21)14-7-12-3-2-5-23-15(12)9-18-14/h7,9,13H,2-6,8,10H2,1H3,(H,17,20). The number of aryl methyl sites for hydroxylation is 1. The van der Waals surface area contributed by atoms with Crippen molar-refractivity contribution in [3.63, 3.8) is 0 Å². The van der Waals surface area contributed by atoms with Gasteiger partial charge in [-0.1, -0.05) is 0 Å². The summed E-state index contributed by atoms with van der Waals surface area (Å²) in [6.07, 6.45) is 3.32. The summed E-state index contributed by atoms with van der Waals surface area (Å²) >= 11 is 0. The summed E-state index contributed by atoms with van der Waals surface area (Å²) in [5.41, 5.74) is 1.48. The van der Waals surface area contributed by atoms with Crippen molar-refractivity contribution in [2.45, 2.75) is 25.9 Å². The van der Waals surface area contributed by atoms with Crippen LogP contribution in [0.25, 0.3) is 0 Å². The third-order valence-electron chi connectivity index (χ3n) is 4.02. The summed E-state index contributed by atoms with van der Waals surface area (Å²) in [5, 5.41) is 2.72. The first-order chi connectivity index (χ1) is 11.1. The monoisotopic (exact) mass is 319 g/mol. The van der Waals surface area contributed by atoms with Crippen molar-refractivity contribution in [1.82, 2.24) is 15.2 Å². The Hall–Kier alpha value is -2.15. The number of fused-ring (bicyclic) bond motifs is 1. The molecule has 1 aromatic rings. The zero-order chi connectivity index (χ0) is 16.2. The highest BCUT2D eigenvalue weighted by atomic mass is 16.5. The quantitative estimate of drug-likeness (QED) is 0.871. The number of carbonyl (C=O) groups is 2. The second-order valence-corrected chi connectivity index (χ2v) is 5.81. The van der Waals surface area contributed by atoms with E-state index in [1.165, 1.54) is 6.92 Å². The van der Waals surface area contributed by atoms with Gasteiger partial charge in [-0.25, -0.2) is 4.98 Å². The molecule has 1 aromatic heterocycles. The minimum atomic E-state index is -0.183. The van der Waals surface area contributed by atoms with Crippen LogP contribution in [0.1, 0.15) is 29.4 Å². The van der Waals surface area contributed by atoms with E-state index in [0.29, 0.717) is 38.5 Å². The lowest BCUT2D eigenvalue weighted by Gasteiger charge is -2.33. The molecule has 1 fully saturated rings. The average Bonchev–Trinajstić information content (AvgIpc) is 2.59. The smallest absolute Gasteiger partial charge is 0.272 e. The lowest BCUT2D eigenvalue weighted by molar-refractivity contribution is -0.120. The summed E-state index contributed by atoms with van der Waals surface area (Å²) in [4.78, 5) is 29.6. The minimum absolute atomic E-state index is 0.102. The lowest BCUT2D eigenvalue weighted by Crippen LogP contribution is -2.49. The number of amides is 2. The van der Waals surface area contributed by atoms with Gasteiger partial charge in [-0.05, 0) is 24.5 Å². The minimum Gasteiger partial charge on any atom is -0.492 e. The van der Waals surface area contributed by atoms with E-state index in [1.54, 1.807) is 11.1 Å². The topological polar surface area (TPSA) is 80.8 Å². The van der Waals surface area contributed by atoms with E-state index in [0.717, 1.165) is 24.2 Å². The molecule has 2 aliphatic rings. The van der Waals surface area contributed by atoms with Crippen molar-refractivity contribution in [1.29, 1.82) is 0 Å². The molecular formula is C16H21N3O4. The predicted octanol–water partition coefficient (Wildman–Crippen LogP) is 0.384. The van der Waals surface area contributed by atoms with Crippen LogP contribution < -0.4 is 10.1 Å². The number of morpholine rings is 1. The Morgan fingerprint density at radius 3 is 3.13 bits per heavy atom.